The van der Waals surface area contributed by atoms with E-state index in [1.165, 1.54) is 12.1 Å². The zero-order valence-electron chi connectivity index (χ0n) is 11.7. The fraction of sp³-hybridized carbons (Fsp3) is 0.312. The molecule has 1 aromatic carbocycles. The van der Waals surface area contributed by atoms with Crippen molar-refractivity contribution in [2.24, 2.45) is 0 Å². The van der Waals surface area contributed by atoms with E-state index < -0.39 is 11.6 Å². The van der Waals surface area contributed by atoms with Gasteiger partial charge in [0.15, 0.2) is 0 Å². The Morgan fingerprint density at radius 3 is 2.65 bits per heavy atom. The Kier molecular flexibility index (Phi) is 4.79. The van der Waals surface area contributed by atoms with Crippen LogP contribution in [0.4, 0.5) is 8.78 Å². The standard InChI is InChI=1S/C16H18F2N2/c1-3-19-16(13-6-7-20-11(2)8-13)9-12-4-5-14(17)10-15(12)18/h4-8,10,16,19H,3,9H2,1-2H3. The summed E-state index contributed by atoms with van der Waals surface area (Å²) in [6, 6.07) is 7.61. The Labute approximate surface area is 117 Å². The van der Waals surface area contributed by atoms with Crippen LogP contribution >= 0.6 is 0 Å². The van der Waals surface area contributed by atoms with Gasteiger partial charge < -0.3 is 5.32 Å². The monoisotopic (exact) mass is 276 g/mol. The van der Waals surface area contributed by atoms with Crippen LogP contribution in [0.3, 0.4) is 0 Å². The molecule has 4 heteroatoms. The highest BCUT2D eigenvalue weighted by Crippen LogP contribution is 2.21. The van der Waals surface area contributed by atoms with Gasteiger partial charge in [-0.05, 0) is 49.2 Å². The SMILES string of the molecule is CCNC(Cc1ccc(F)cc1F)c1ccnc(C)c1. The van der Waals surface area contributed by atoms with Crippen molar-refractivity contribution in [3.05, 3.63) is 65.0 Å². The van der Waals surface area contributed by atoms with Crippen molar-refractivity contribution in [1.29, 1.82) is 0 Å². The fourth-order valence-corrected chi connectivity index (χ4v) is 2.25. The molecular formula is C16H18F2N2. The number of hydrogen-bond donors (Lipinski definition) is 1. The fourth-order valence-electron chi connectivity index (χ4n) is 2.25. The van der Waals surface area contributed by atoms with Crippen LogP contribution in [0.15, 0.2) is 36.5 Å². The van der Waals surface area contributed by atoms with Crippen molar-refractivity contribution < 1.29 is 8.78 Å². The second-order valence-electron chi connectivity index (χ2n) is 4.78. The molecule has 0 saturated carbocycles. The molecule has 0 aliphatic heterocycles. The number of aromatic nitrogens is 1. The molecule has 0 bridgehead atoms. The van der Waals surface area contributed by atoms with Gasteiger partial charge in [-0.25, -0.2) is 8.78 Å². The molecule has 0 fully saturated rings. The van der Waals surface area contributed by atoms with Crippen LogP contribution in [-0.2, 0) is 6.42 Å². The third-order valence-corrected chi connectivity index (χ3v) is 3.21. The van der Waals surface area contributed by atoms with E-state index in [1.807, 2.05) is 26.0 Å². The third kappa shape index (κ3) is 3.61. The number of rotatable bonds is 5. The molecule has 2 aromatic rings. The van der Waals surface area contributed by atoms with E-state index in [1.54, 1.807) is 6.20 Å². The van der Waals surface area contributed by atoms with Gasteiger partial charge in [0, 0.05) is 24.0 Å². The highest BCUT2D eigenvalue weighted by atomic mass is 19.1. The molecule has 1 aromatic heterocycles. The number of benzene rings is 1. The van der Waals surface area contributed by atoms with Crippen LogP contribution in [0.1, 0.15) is 29.8 Å². The molecule has 2 rings (SSSR count). The van der Waals surface area contributed by atoms with Crippen LogP contribution in [-0.4, -0.2) is 11.5 Å². The molecule has 0 radical (unpaired) electrons. The maximum absolute atomic E-state index is 13.8. The maximum Gasteiger partial charge on any atom is 0.129 e. The predicted octanol–water partition coefficient (Wildman–Crippen LogP) is 3.56. The first-order chi connectivity index (χ1) is 9.60. The summed E-state index contributed by atoms with van der Waals surface area (Å²) in [5.41, 5.74) is 2.49. The Morgan fingerprint density at radius 1 is 1.20 bits per heavy atom. The largest absolute Gasteiger partial charge is 0.310 e. The lowest BCUT2D eigenvalue weighted by atomic mass is 9.98. The van der Waals surface area contributed by atoms with Crippen LogP contribution in [0.25, 0.3) is 0 Å². The van der Waals surface area contributed by atoms with Crippen LogP contribution < -0.4 is 5.32 Å². The predicted molar refractivity (Wildman–Crippen MR) is 75.5 cm³/mol. The molecule has 0 amide bonds. The normalized spacial score (nSPS) is 12.4. The molecule has 20 heavy (non-hydrogen) atoms. The average molecular weight is 276 g/mol. The van der Waals surface area contributed by atoms with Crippen molar-refractivity contribution in [3.8, 4) is 0 Å². The smallest absolute Gasteiger partial charge is 0.129 e. The van der Waals surface area contributed by atoms with Gasteiger partial charge in [0.1, 0.15) is 11.6 Å². The molecule has 1 heterocycles. The second kappa shape index (κ2) is 6.57. The Hall–Kier alpha value is -1.81. The number of aryl methyl sites for hydroxylation is 1. The molecule has 106 valence electrons. The minimum Gasteiger partial charge on any atom is -0.310 e. The second-order valence-corrected chi connectivity index (χ2v) is 4.78. The average Bonchev–Trinajstić information content (AvgIpc) is 2.41. The van der Waals surface area contributed by atoms with Crippen LogP contribution in [0.5, 0.6) is 0 Å². The molecule has 1 unspecified atom stereocenters. The lowest BCUT2D eigenvalue weighted by Gasteiger charge is -2.19. The van der Waals surface area contributed by atoms with Crippen LogP contribution in [0, 0.1) is 18.6 Å². The minimum atomic E-state index is -0.550. The third-order valence-electron chi connectivity index (χ3n) is 3.21. The summed E-state index contributed by atoms with van der Waals surface area (Å²) in [7, 11) is 0. The summed E-state index contributed by atoms with van der Waals surface area (Å²) < 4.78 is 26.7. The lowest BCUT2D eigenvalue weighted by molar-refractivity contribution is 0.520. The molecular weight excluding hydrogens is 258 g/mol. The van der Waals surface area contributed by atoms with Crippen molar-refractivity contribution in [2.45, 2.75) is 26.3 Å². The van der Waals surface area contributed by atoms with E-state index in [0.29, 0.717) is 12.0 Å². The Morgan fingerprint density at radius 2 is 2.00 bits per heavy atom. The number of hydrogen-bond acceptors (Lipinski definition) is 2. The van der Waals surface area contributed by atoms with Crippen molar-refractivity contribution in [1.82, 2.24) is 10.3 Å². The first kappa shape index (κ1) is 14.6. The molecule has 1 N–H and O–H groups in total. The molecule has 1 atom stereocenters. The van der Waals surface area contributed by atoms with Gasteiger partial charge in [-0.15, -0.1) is 0 Å². The number of nitrogens with zero attached hydrogens (tertiary/aromatic N) is 1. The number of nitrogens with one attached hydrogen (secondary N) is 1. The first-order valence-corrected chi connectivity index (χ1v) is 6.70. The summed E-state index contributed by atoms with van der Waals surface area (Å²) in [4.78, 5) is 4.17. The lowest BCUT2D eigenvalue weighted by Crippen LogP contribution is -2.23. The van der Waals surface area contributed by atoms with Crippen LogP contribution in [0.2, 0.25) is 0 Å². The van der Waals surface area contributed by atoms with Crippen molar-refractivity contribution in [2.75, 3.05) is 6.54 Å². The van der Waals surface area contributed by atoms with E-state index in [2.05, 4.69) is 10.3 Å². The van der Waals surface area contributed by atoms with E-state index in [4.69, 9.17) is 0 Å². The summed E-state index contributed by atoms with van der Waals surface area (Å²) in [6.45, 7) is 4.70. The summed E-state index contributed by atoms with van der Waals surface area (Å²) in [6.07, 6.45) is 2.22. The van der Waals surface area contributed by atoms with Crippen molar-refractivity contribution in [3.63, 3.8) is 0 Å². The van der Waals surface area contributed by atoms with Gasteiger partial charge >= 0.3 is 0 Å². The highest BCUT2D eigenvalue weighted by Gasteiger charge is 2.14. The van der Waals surface area contributed by atoms with Gasteiger partial charge in [0.05, 0.1) is 0 Å². The summed E-state index contributed by atoms with van der Waals surface area (Å²) in [5, 5.41) is 3.33. The van der Waals surface area contributed by atoms with E-state index in [0.717, 1.165) is 23.9 Å². The van der Waals surface area contributed by atoms with E-state index in [-0.39, 0.29) is 6.04 Å². The zero-order chi connectivity index (χ0) is 14.5. The van der Waals surface area contributed by atoms with Gasteiger partial charge in [-0.2, -0.15) is 0 Å². The maximum atomic E-state index is 13.8. The Balaban J connectivity index is 2.25. The number of halogens is 2. The topological polar surface area (TPSA) is 24.9 Å². The highest BCUT2D eigenvalue weighted by molar-refractivity contribution is 5.25. The van der Waals surface area contributed by atoms with Gasteiger partial charge in [-0.1, -0.05) is 13.0 Å². The quantitative estimate of drug-likeness (QED) is 0.903. The van der Waals surface area contributed by atoms with E-state index in [9.17, 15) is 8.78 Å². The van der Waals surface area contributed by atoms with E-state index >= 15 is 0 Å². The summed E-state index contributed by atoms with van der Waals surface area (Å²) >= 11 is 0. The van der Waals surface area contributed by atoms with Gasteiger partial charge in [0.25, 0.3) is 0 Å². The molecule has 0 saturated heterocycles. The van der Waals surface area contributed by atoms with Gasteiger partial charge in [0.2, 0.25) is 0 Å². The summed E-state index contributed by atoms with van der Waals surface area (Å²) in [5.74, 6) is -1.05. The number of pyridine rings is 1. The molecule has 2 nitrogen and oxygen atoms in total. The molecule has 0 spiro atoms. The van der Waals surface area contributed by atoms with Gasteiger partial charge in [-0.3, -0.25) is 4.98 Å². The number of likely N-dealkylation sites (N-methyl/N-ethyl adjacent to an activating group) is 1. The first-order valence-electron chi connectivity index (χ1n) is 6.70. The zero-order valence-corrected chi connectivity index (χ0v) is 11.7. The molecule has 0 aliphatic carbocycles. The minimum absolute atomic E-state index is 0.0124. The van der Waals surface area contributed by atoms with Crippen molar-refractivity contribution >= 4 is 0 Å². The molecule has 0 aliphatic rings. The Bertz CT molecular complexity index is 584.